The Labute approximate surface area is 116 Å². The number of ketones is 1. The number of hydrogen-bond acceptors (Lipinski definition) is 3. The molecule has 1 saturated carbocycles. The number of nitrogens with zero attached hydrogens (tertiary/aromatic N) is 1. The van der Waals surface area contributed by atoms with Gasteiger partial charge in [0.05, 0.1) is 0 Å². The molecule has 1 saturated heterocycles. The Hall–Kier alpha value is -0.0200. The van der Waals surface area contributed by atoms with Gasteiger partial charge in [-0.2, -0.15) is 11.8 Å². The summed E-state index contributed by atoms with van der Waals surface area (Å²) >= 11 is 2.06. The van der Waals surface area contributed by atoms with E-state index in [0.717, 1.165) is 38.9 Å². The van der Waals surface area contributed by atoms with Crippen molar-refractivity contribution in [2.24, 2.45) is 11.3 Å². The van der Waals surface area contributed by atoms with Crippen LogP contribution in [0.5, 0.6) is 0 Å². The zero-order chi connectivity index (χ0) is 13.4. The molecule has 1 aliphatic heterocycles. The summed E-state index contributed by atoms with van der Waals surface area (Å²) in [4.78, 5) is 14.6. The highest BCUT2D eigenvalue weighted by Gasteiger charge is 2.36. The third-order valence-electron chi connectivity index (χ3n) is 4.29. The quantitative estimate of drug-likeness (QED) is 0.768. The largest absolute Gasteiger partial charge is 0.300 e. The van der Waals surface area contributed by atoms with Crippen LogP contribution in [0.25, 0.3) is 0 Å². The van der Waals surface area contributed by atoms with Crippen LogP contribution in [0.2, 0.25) is 0 Å². The van der Waals surface area contributed by atoms with Crippen molar-refractivity contribution in [3.63, 3.8) is 0 Å². The van der Waals surface area contributed by atoms with Gasteiger partial charge in [-0.25, -0.2) is 0 Å². The first kappa shape index (κ1) is 14.4. The van der Waals surface area contributed by atoms with E-state index in [2.05, 4.69) is 44.4 Å². The van der Waals surface area contributed by atoms with Crippen LogP contribution in [0.1, 0.15) is 47.0 Å². The van der Waals surface area contributed by atoms with Gasteiger partial charge in [-0.15, -0.1) is 0 Å². The average Bonchev–Trinajstić information content (AvgIpc) is 2.22. The molecule has 2 nitrogen and oxygen atoms in total. The lowest BCUT2D eigenvalue weighted by atomic mass is 9.71. The molecule has 2 fully saturated rings. The lowest BCUT2D eigenvalue weighted by Gasteiger charge is -2.41. The molecule has 1 atom stereocenters. The summed E-state index contributed by atoms with van der Waals surface area (Å²) in [6.07, 6.45) is 2.95. The van der Waals surface area contributed by atoms with E-state index in [1.54, 1.807) is 0 Å². The van der Waals surface area contributed by atoms with Crippen molar-refractivity contribution in [3.05, 3.63) is 0 Å². The molecule has 0 N–H and O–H groups in total. The average molecular weight is 269 g/mol. The molecule has 0 radical (unpaired) electrons. The maximum atomic E-state index is 12.1. The van der Waals surface area contributed by atoms with E-state index in [4.69, 9.17) is 0 Å². The number of thioether (sulfide) groups is 1. The van der Waals surface area contributed by atoms with Crippen LogP contribution < -0.4 is 0 Å². The topological polar surface area (TPSA) is 20.3 Å². The van der Waals surface area contributed by atoms with Gasteiger partial charge in [0.2, 0.25) is 0 Å². The van der Waals surface area contributed by atoms with E-state index < -0.39 is 0 Å². The minimum Gasteiger partial charge on any atom is -0.300 e. The first-order chi connectivity index (χ1) is 8.27. The van der Waals surface area contributed by atoms with Crippen molar-refractivity contribution in [2.75, 3.05) is 25.4 Å². The van der Waals surface area contributed by atoms with Gasteiger partial charge in [-0.05, 0) is 32.1 Å². The Morgan fingerprint density at radius 2 is 2.06 bits per heavy atom. The molecular formula is C15H27NOS. The smallest absolute Gasteiger partial charge is 0.137 e. The van der Waals surface area contributed by atoms with Crippen LogP contribution in [-0.2, 0) is 4.79 Å². The second-order valence-corrected chi connectivity index (χ2v) is 9.18. The molecule has 0 spiro atoms. The molecule has 0 aromatic carbocycles. The van der Waals surface area contributed by atoms with Crippen LogP contribution in [0, 0.1) is 11.3 Å². The normalized spacial score (nSPS) is 32.4. The molecule has 1 heterocycles. The highest BCUT2D eigenvalue weighted by atomic mass is 32.2. The van der Waals surface area contributed by atoms with E-state index in [-0.39, 0.29) is 5.92 Å². The van der Waals surface area contributed by atoms with Gasteiger partial charge in [0.1, 0.15) is 5.78 Å². The first-order valence-electron chi connectivity index (χ1n) is 7.16. The summed E-state index contributed by atoms with van der Waals surface area (Å²) in [6.45, 7) is 12.5. The standard InChI is InChI=1S/C15H27NOS/c1-14(2)6-5-13(17)12(9-14)10-16-7-8-18-15(3,4)11-16/h12H,5-11H2,1-4H3. The molecule has 1 aliphatic carbocycles. The van der Waals surface area contributed by atoms with Gasteiger partial charge < -0.3 is 4.90 Å². The Kier molecular flexibility index (Phi) is 4.13. The summed E-state index contributed by atoms with van der Waals surface area (Å²) in [6, 6.07) is 0. The molecule has 2 rings (SSSR count). The zero-order valence-electron chi connectivity index (χ0n) is 12.3. The zero-order valence-corrected chi connectivity index (χ0v) is 13.1. The summed E-state index contributed by atoms with van der Waals surface area (Å²) in [5.74, 6) is 2.00. The number of hydrogen-bond donors (Lipinski definition) is 0. The number of Topliss-reactive ketones (excluding diaryl/α,β-unsaturated/α-hetero) is 1. The fourth-order valence-electron chi connectivity index (χ4n) is 3.30. The van der Waals surface area contributed by atoms with Crippen LogP contribution in [0.3, 0.4) is 0 Å². The van der Waals surface area contributed by atoms with Gasteiger partial charge >= 0.3 is 0 Å². The van der Waals surface area contributed by atoms with Gasteiger partial charge in [0.25, 0.3) is 0 Å². The van der Waals surface area contributed by atoms with Gasteiger partial charge in [0, 0.05) is 42.5 Å². The molecule has 104 valence electrons. The molecule has 18 heavy (non-hydrogen) atoms. The van der Waals surface area contributed by atoms with Crippen LogP contribution in [0.15, 0.2) is 0 Å². The van der Waals surface area contributed by atoms with Gasteiger partial charge in [-0.1, -0.05) is 13.8 Å². The summed E-state index contributed by atoms with van der Waals surface area (Å²) in [7, 11) is 0. The van der Waals surface area contributed by atoms with E-state index in [1.807, 2.05) is 0 Å². The lowest BCUT2D eigenvalue weighted by molar-refractivity contribution is -0.127. The minimum atomic E-state index is 0.285. The van der Waals surface area contributed by atoms with E-state index in [0.29, 0.717) is 15.9 Å². The summed E-state index contributed by atoms with van der Waals surface area (Å²) in [5, 5.41) is 0. The van der Waals surface area contributed by atoms with Crippen molar-refractivity contribution in [1.82, 2.24) is 4.90 Å². The van der Waals surface area contributed by atoms with Crippen LogP contribution in [-0.4, -0.2) is 40.8 Å². The third kappa shape index (κ3) is 3.74. The molecule has 2 aliphatic rings. The Balaban J connectivity index is 1.93. The highest BCUT2D eigenvalue weighted by Crippen LogP contribution is 2.38. The fourth-order valence-corrected chi connectivity index (χ4v) is 4.47. The van der Waals surface area contributed by atoms with E-state index in [9.17, 15) is 4.79 Å². The van der Waals surface area contributed by atoms with Gasteiger partial charge in [-0.3, -0.25) is 4.79 Å². The second kappa shape index (κ2) is 5.16. The highest BCUT2D eigenvalue weighted by molar-refractivity contribution is 8.00. The Morgan fingerprint density at radius 1 is 1.33 bits per heavy atom. The van der Waals surface area contributed by atoms with E-state index >= 15 is 0 Å². The van der Waals surface area contributed by atoms with E-state index in [1.165, 1.54) is 5.75 Å². The maximum absolute atomic E-state index is 12.1. The van der Waals surface area contributed by atoms with Crippen molar-refractivity contribution in [3.8, 4) is 0 Å². The van der Waals surface area contributed by atoms with Crippen molar-refractivity contribution in [2.45, 2.75) is 51.7 Å². The van der Waals surface area contributed by atoms with Gasteiger partial charge in [0.15, 0.2) is 0 Å². The Bertz CT molecular complexity index is 324. The third-order valence-corrected chi connectivity index (χ3v) is 5.58. The second-order valence-electron chi connectivity index (χ2n) is 7.37. The molecule has 0 aromatic rings. The maximum Gasteiger partial charge on any atom is 0.137 e. The number of carbonyl (C=O) groups excluding carboxylic acids is 1. The van der Waals surface area contributed by atoms with Crippen LogP contribution >= 0.6 is 11.8 Å². The summed E-state index contributed by atoms with van der Waals surface area (Å²) < 4.78 is 0.353. The molecule has 3 heteroatoms. The molecule has 0 amide bonds. The molecular weight excluding hydrogens is 242 g/mol. The van der Waals surface area contributed by atoms with Crippen molar-refractivity contribution >= 4 is 17.5 Å². The SMILES string of the molecule is CC1(C)CCC(=O)C(CN2CCSC(C)(C)C2)C1. The fraction of sp³-hybridized carbons (Fsp3) is 0.933. The molecule has 0 aromatic heterocycles. The molecule has 0 bridgehead atoms. The Morgan fingerprint density at radius 3 is 2.72 bits per heavy atom. The van der Waals surface area contributed by atoms with Crippen molar-refractivity contribution < 1.29 is 4.79 Å². The number of carbonyl (C=O) groups is 1. The predicted octanol–water partition coefficient (Wildman–Crippen LogP) is 3.21. The first-order valence-corrected chi connectivity index (χ1v) is 8.15. The van der Waals surface area contributed by atoms with Crippen molar-refractivity contribution in [1.29, 1.82) is 0 Å². The molecule has 1 unspecified atom stereocenters. The lowest BCUT2D eigenvalue weighted by Crippen LogP contribution is -2.47. The minimum absolute atomic E-state index is 0.285. The number of rotatable bonds is 2. The predicted molar refractivity (Wildman–Crippen MR) is 79.1 cm³/mol. The summed E-state index contributed by atoms with van der Waals surface area (Å²) in [5.41, 5.74) is 0.360. The monoisotopic (exact) mass is 269 g/mol. The van der Waals surface area contributed by atoms with Crippen LogP contribution in [0.4, 0.5) is 0 Å².